The number of rotatable bonds is 4. The van der Waals surface area contributed by atoms with Crippen molar-refractivity contribution >= 4 is 11.0 Å². The van der Waals surface area contributed by atoms with Crippen LogP contribution in [0.1, 0.15) is 24.8 Å². The summed E-state index contributed by atoms with van der Waals surface area (Å²) in [5, 5.41) is 1.26. The van der Waals surface area contributed by atoms with Crippen LogP contribution in [-0.2, 0) is 6.54 Å². The second kappa shape index (κ2) is 5.72. The number of aromatic amines is 1. The second-order valence-corrected chi connectivity index (χ2v) is 5.51. The second-order valence-electron chi connectivity index (χ2n) is 5.51. The third-order valence-corrected chi connectivity index (χ3v) is 4.21. The zero-order valence-corrected chi connectivity index (χ0v) is 11.3. The molecule has 1 saturated heterocycles. The predicted octanol–water partition coefficient (Wildman–Crippen LogP) is 2.12. The van der Waals surface area contributed by atoms with E-state index in [-0.39, 0.29) is 0 Å². The fourth-order valence-corrected chi connectivity index (χ4v) is 3.05. The van der Waals surface area contributed by atoms with E-state index in [0.717, 1.165) is 24.7 Å². The average molecular weight is 258 g/mol. The first-order chi connectivity index (χ1) is 9.36. The number of nitrogens with two attached hydrogens (primary N) is 1. The molecule has 2 aromatic rings. The van der Waals surface area contributed by atoms with Gasteiger partial charge in [-0.1, -0.05) is 0 Å². The van der Waals surface area contributed by atoms with Gasteiger partial charge in [0.2, 0.25) is 0 Å². The Kier molecular flexibility index (Phi) is 3.80. The number of likely N-dealkylation sites (tertiary alicyclic amines) is 1. The highest BCUT2D eigenvalue weighted by atomic mass is 15.1. The normalized spacial score (nSPS) is 18.2. The van der Waals surface area contributed by atoms with Crippen molar-refractivity contribution < 1.29 is 0 Å². The Morgan fingerprint density at radius 3 is 3.00 bits per heavy atom. The first-order valence-electron chi connectivity index (χ1n) is 7.20. The van der Waals surface area contributed by atoms with E-state index in [1.807, 2.05) is 12.3 Å². The number of nitrogens with one attached hydrogen (secondary N) is 1. The number of fused-ring (bicyclic) bond motifs is 1. The highest BCUT2D eigenvalue weighted by molar-refractivity contribution is 5.79. The van der Waals surface area contributed by atoms with E-state index >= 15 is 0 Å². The van der Waals surface area contributed by atoms with E-state index < -0.39 is 0 Å². The van der Waals surface area contributed by atoms with E-state index in [2.05, 4.69) is 27.1 Å². The Morgan fingerprint density at radius 1 is 1.37 bits per heavy atom. The molecule has 19 heavy (non-hydrogen) atoms. The maximum atomic E-state index is 5.64. The summed E-state index contributed by atoms with van der Waals surface area (Å²) in [4.78, 5) is 10.1. The van der Waals surface area contributed by atoms with Crippen LogP contribution in [0.15, 0.2) is 24.5 Å². The molecule has 3 rings (SSSR count). The van der Waals surface area contributed by atoms with Gasteiger partial charge in [-0.3, -0.25) is 4.90 Å². The molecule has 0 bridgehead atoms. The van der Waals surface area contributed by atoms with Crippen LogP contribution in [0.5, 0.6) is 0 Å². The monoisotopic (exact) mass is 258 g/mol. The van der Waals surface area contributed by atoms with E-state index in [0.29, 0.717) is 0 Å². The first kappa shape index (κ1) is 12.6. The lowest BCUT2D eigenvalue weighted by molar-refractivity contribution is 0.174. The highest BCUT2D eigenvalue weighted by Gasteiger charge is 2.19. The molecular formula is C15H22N4. The van der Waals surface area contributed by atoms with Crippen LogP contribution >= 0.6 is 0 Å². The standard InChI is InChI=1S/C15H22N4/c16-6-3-12-4-8-19(9-5-12)11-13-10-18-15-14(13)2-1-7-17-15/h1-2,7,10,12H,3-6,8-9,11,16H2,(H,17,18). The molecule has 4 nitrogen and oxygen atoms in total. The topological polar surface area (TPSA) is 57.9 Å². The molecule has 3 N–H and O–H groups in total. The molecule has 3 heterocycles. The third-order valence-electron chi connectivity index (χ3n) is 4.21. The molecule has 0 aliphatic carbocycles. The van der Waals surface area contributed by atoms with Crippen LogP contribution in [0.3, 0.4) is 0 Å². The molecule has 0 unspecified atom stereocenters. The van der Waals surface area contributed by atoms with E-state index in [4.69, 9.17) is 5.73 Å². The van der Waals surface area contributed by atoms with Crippen molar-refractivity contribution in [2.24, 2.45) is 11.7 Å². The van der Waals surface area contributed by atoms with E-state index in [1.165, 1.54) is 43.3 Å². The lowest BCUT2D eigenvalue weighted by Crippen LogP contribution is -2.33. The lowest BCUT2D eigenvalue weighted by Gasteiger charge is -2.31. The van der Waals surface area contributed by atoms with Crippen molar-refractivity contribution in [1.82, 2.24) is 14.9 Å². The summed E-state index contributed by atoms with van der Waals surface area (Å²) in [6.45, 7) is 4.25. The van der Waals surface area contributed by atoms with Crippen LogP contribution in [0, 0.1) is 5.92 Å². The molecule has 0 amide bonds. The Hall–Kier alpha value is -1.39. The van der Waals surface area contributed by atoms with Gasteiger partial charge in [-0.15, -0.1) is 0 Å². The van der Waals surface area contributed by atoms with E-state index in [1.54, 1.807) is 0 Å². The molecule has 4 heteroatoms. The molecule has 0 atom stereocenters. The van der Waals surface area contributed by atoms with Gasteiger partial charge in [0.15, 0.2) is 0 Å². The summed E-state index contributed by atoms with van der Waals surface area (Å²) in [6.07, 6.45) is 7.70. The van der Waals surface area contributed by atoms with Gasteiger partial charge in [-0.05, 0) is 62.5 Å². The van der Waals surface area contributed by atoms with Gasteiger partial charge in [-0.2, -0.15) is 0 Å². The van der Waals surface area contributed by atoms with Gasteiger partial charge in [0.25, 0.3) is 0 Å². The largest absolute Gasteiger partial charge is 0.346 e. The van der Waals surface area contributed by atoms with Crippen molar-refractivity contribution in [2.75, 3.05) is 19.6 Å². The van der Waals surface area contributed by atoms with Gasteiger partial charge in [-0.25, -0.2) is 4.98 Å². The smallest absolute Gasteiger partial charge is 0.137 e. The molecule has 1 aliphatic heterocycles. The maximum absolute atomic E-state index is 5.64. The zero-order chi connectivity index (χ0) is 13.1. The van der Waals surface area contributed by atoms with E-state index in [9.17, 15) is 0 Å². The molecule has 0 spiro atoms. The summed E-state index contributed by atoms with van der Waals surface area (Å²) in [5.41, 5.74) is 8.00. The Balaban J connectivity index is 1.63. The maximum Gasteiger partial charge on any atom is 0.137 e. The van der Waals surface area contributed by atoms with Crippen molar-refractivity contribution in [1.29, 1.82) is 0 Å². The summed E-state index contributed by atoms with van der Waals surface area (Å²) >= 11 is 0. The van der Waals surface area contributed by atoms with Gasteiger partial charge in [0.05, 0.1) is 0 Å². The minimum Gasteiger partial charge on any atom is -0.346 e. The number of H-pyrrole nitrogens is 1. The SMILES string of the molecule is NCCC1CCN(Cc2c[nH]c3ncccc23)CC1. The average Bonchev–Trinajstić information content (AvgIpc) is 2.85. The van der Waals surface area contributed by atoms with Crippen LogP contribution in [-0.4, -0.2) is 34.5 Å². The number of piperidine rings is 1. The number of pyridine rings is 1. The van der Waals surface area contributed by atoms with Crippen LogP contribution in [0.2, 0.25) is 0 Å². The molecule has 0 radical (unpaired) electrons. The Bertz CT molecular complexity index is 526. The minimum absolute atomic E-state index is 0.832. The summed E-state index contributed by atoms with van der Waals surface area (Å²) in [6, 6.07) is 4.16. The Morgan fingerprint density at radius 2 is 2.21 bits per heavy atom. The van der Waals surface area contributed by atoms with Crippen LogP contribution in [0.25, 0.3) is 11.0 Å². The summed E-state index contributed by atoms with van der Waals surface area (Å²) in [5.74, 6) is 0.839. The van der Waals surface area contributed by atoms with Crippen molar-refractivity contribution in [3.63, 3.8) is 0 Å². The molecule has 1 fully saturated rings. The number of hydrogen-bond donors (Lipinski definition) is 2. The molecular weight excluding hydrogens is 236 g/mol. The quantitative estimate of drug-likeness (QED) is 0.883. The summed E-state index contributed by atoms with van der Waals surface area (Å²) in [7, 11) is 0. The predicted molar refractivity (Wildman–Crippen MR) is 77.8 cm³/mol. The first-order valence-corrected chi connectivity index (χ1v) is 7.20. The van der Waals surface area contributed by atoms with Gasteiger partial charge < -0.3 is 10.7 Å². The number of hydrogen-bond acceptors (Lipinski definition) is 3. The van der Waals surface area contributed by atoms with Crippen LogP contribution < -0.4 is 5.73 Å². The molecule has 0 aromatic carbocycles. The summed E-state index contributed by atoms with van der Waals surface area (Å²) < 4.78 is 0. The van der Waals surface area contributed by atoms with Gasteiger partial charge in [0, 0.05) is 24.3 Å². The fraction of sp³-hybridized carbons (Fsp3) is 0.533. The molecule has 2 aromatic heterocycles. The molecule has 1 aliphatic rings. The zero-order valence-electron chi connectivity index (χ0n) is 11.3. The highest BCUT2D eigenvalue weighted by Crippen LogP contribution is 2.23. The fourth-order valence-electron chi connectivity index (χ4n) is 3.05. The third kappa shape index (κ3) is 2.80. The number of nitrogens with zero attached hydrogens (tertiary/aromatic N) is 2. The Labute approximate surface area is 114 Å². The molecule has 0 saturated carbocycles. The van der Waals surface area contributed by atoms with Crippen molar-refractivity contribution in [2.45, 2.75) is 25.8 Å². The van der Waals surface area contributed by atoms with Gasteiger partial charge >= 0.3 is 0 Å². The van der Waals surface area contributed by atoms with Crippen molar-refractivity contribution in [3.8, 4) is 0 Å². The van der Waals surface area contributed by atoms with Crippen LogP contribution in [0.4, 0.5) is 0 Å². The lowest BCUT2D eigenvalue weighted by atomic mass is 9.93. The number of aromatic nitrogens is 2. The minimum atomic E-state index is 0.832. The van der Waals surface area contributed by atoms with Crippen molar-refractivity contribution in [3.05, 3.63) is 30.1 Å². The van der Waals surface area contributed by atoms with Gasteiger partial charge in [0.1, 0.15) is 5.65 Å². The molecule has 102 valence electrons.